The summed E-state index contributed by atoms with van der Waals surface area (Å²) in [5, 5.41) is 3.48. The predicted molar refractivity (Wildman–Crippen MR) is 64.8 cm³/mol. The molecule has 1 aromatic carbocycles. The number of rotatable bonds is 3. The van der Waals surface area contributed by atoms with E-state index in [4.69, 9.17) is 0 Å². The van der Waals surface area contributed by atoms with Crippen LogP contribution in [0.15, 0.2) is 23.4 Å². The van der Waals surface area contributed by atoms with Gasteiger partial charge < -0.3 is 0 Å². The molecule has 0 saturated heterocycles. The standard InChI is InChI=1S/C12H8F5N3S/c13-5-1-2-7(14)6(3-5)9-4-8(15)10-18-12(19-20(9)10)21-11(16)17/h1-3,8-9,11H,4H2. The van der Waals surface area contributed by atoms with Gasteiger partial charge in [0, 0.05) is 12.0 Å². The number of alkyl halides is 3. The second-order valence-electron chi connectivity index (χ2n) is 4.46. The summed E-state index contributed by atoms with van der Waals surface area (Å²) in [6, 6.07) is 1.93. The minimum absolute atomic E-state index is 0.0742. The lowest BCUT2D eigenvalue weighted by molar-refractivity contribution is 0.251. The van der Waals surface area contributed by atoms with Crippen molar-refractivity contribution in [2.45, 2.75) is 29.5 Å². The minimum atomic E-state index is -2.74. The van der Waals surface area contributed by atoms with Crippen LogP contribution in [0.3, 0.4) is 0 Å². The fraction of sp³-hybridized carbons (Fsp3) is 0.333. The van der Waals surface area contributed by atoms with E-state index < -0.39 is 29.6 Å². The summed E-state index contributed by atoms with van der Waals surface area (Å²) in [4.78, 5) is 3.68. The Morgan fingerprint density at radius 2 is 2.05 bits per heavy atom. The zero-order valence-electron chi connectivity index (χ0n) is 10.3. The van der Waals surface area contributed by atoms with Crippen LogP contribution in [-0.4, -0.2) is 20.5 Å². The van der Waals surface area contributed by atoms with Gasteiger partial charge in [0.2, 0.25) is 5.16 Å². The summed E-state index contributed by atoms with van der Waals surface area (Å²) in [7, 11) is 0. The molecule has 1 aliphatic rings. The summed E-state index contributed by atoms with van der Waals surface area (Å²) >= 11 is 0.0784. The Morgan fingerprint density at radius 3 is 2.76 bits per heavy atom. The molecule has 2 atom stereocenters. The topological polar surface area (TPSA) is 30.7 Å². The van der Waals surface area contributed by atoms with Crippen LogP contribution in [0.5, 0.6) is 0 Å². The number of thioether (sulfide) groups is 1. The minimum Gasteiger partial charge on any atom is -0.239 e. The first-order valence-electron chi connectivity index (χ1n) is 5.96. The van der Waals surface area contributed by atoms with Crippen molar-refractivity contribution in [1.29, 1.82) is 0 Å². The van der Waals surface area contributed by atoms with E-state index >= 15 is 0 Å². The molecule has 0 bridgehead atoms. The average molecular weight is 321 g/mol. The average Bonchev–Trinajstić information content (AvgIpc) is 2.93. The molecule has 2 unspecified atom stereocenters. The Hall–Kier alpha value is -1.64. The van der Waals surface area contributed by atoms with E-state index in [0.717, 1.165) is 22.9 Å². The zero-order chi connectivity index (χ0) is 15.1. The van der Waals surface area contributed by atoms with Crippen molar-refractivity contribution in [3.8, 4) is 0 Å². The molecule has 0 radical (unpaired) electrons. The molecule has 0 saturated carbocycles. The Balaban J connectivity index is 2.01. The number of fused-ring (bicyclic) bond motifs is 1. The lowest BCUT2D eigenvalue weighted by Crippen LogP contribution is -2.10. The number of hydrogen-bond acceptors (Lipinski definition) is 3. The van der Waals surface area contributed by atoms with Gasteiger partial charge in [-0.05, 0) is 30.0 Å². The van der Waals surface area contributed by atoms with Crippen LogP contribution in [0.25, 0.3) is 0 Å². The SMILES string of the molecule is Fc1ccc(F)c(C2CC(F)c3nc(SC(F)F)nn32)c1. The summed E-state index contributed by atoms with van der Waals surface area (Å²) < 4.78 is 66.5. The Bertz CT molecular complexity index is 675. The fourth-order valence-electron chi connectivity index (χ4n) is 2.32. The lowest BCUT2D eigenvalue weighted by Gasteiger charge is -2.12. The molecule has 3 rings (SSSR count). The number of aromatic nitrogens is 3. The molecule has 1 aliphatic heterocycles. The van der Waals surface area contributed by atoms with Crippen molar-refractivity contribution in [1.82, 2.24) is 14.8 Å². The van der Waals surface area contributed by atoms with E-state index in [-0.39, 0.29) is 34.7 Å². The van der Waals surface area contributed by atoms with Crippen LogP contribution < -0.4 is 0 Å². The molecule has 9 heteroatoms. The van der Waals surface area contributed by atoms with Crippen LogP contribution in [0, 0.1) is 11.6 Å². The number of nitrogens with zero attached hydrogens (tertiary/aromatic N) is 3. The van der Waals surface area contributed by atoms with Crippen LogP contribution in [0.2, 0.25) is 0 Å². The molecule has 3 nitrogen and oxygen atoms in total. The third-order valence-electron chi connectivity index (χ3n) is 3.16. The molecular formula is C12H8F5N3S. The maximum atomic E-state index is 13.9. The van der Waals surface area contributed by atoms with Crippen molar-refractivity contribution in [2.24, 2.45) is 0 Å². The van der Waals surface area contributed by atoms with Gasteiger partial charge in [-0.1, -0.05) is 0 Å². The second kappa shape index (κ2) is 5.28. The highest BCUT2D eigenvalue weighted by Crippen LogP contribution is 2.41. The smallest absolute Gasteiger partial charge is 0.239 e. The van der Waals surface area contributed by atoms with Gasteiger partial charge in [0.1, 0.15) is 11.6 Å². The molecule has 0 amide bonds. The first kappa shape index (κ1) is 14.3. The fourth-order valence-corrected chi connectivity index (χ4v) is 2.76. The van der Waals surface area contributed by atoms with Crippen molar-refractivity contribution < 1.29 is 22.0 Å². The molecule has 0 aliphatic carbocycles. The zero-order valence-corrected chi connectivity index (χ0v) is 11.1. The molecular weight excluding hydrogens is 313 g/mol. The van der Waals surface area contributed by atoms with Gasteiger partial charge in [-0.2, -0.15) is 8.78 Å². The quantitative estimate of drug-likeness (QED) is 0.635. The van der Waals surface area contributed by atoms with Gasteiger partial charge in [0.15, 0.2) is 12.0 Å². The van der Waals surface area contributed by atoms with Crippen LogP contribution in [-0.2, 0) is 0 Å². The van der Waals surface area contributed by atoms with Crippen molar-refractivity contribution >= 4 is 11.8 Å². The molecule has 21 heavy (non-hydrogen) atoms. The molecule has 2 heterocycles. The van der Waals surface area contributed by atoms with Crippen LogP contribution >= 0.6 is 11.8 Å². The monoisotopic (exact) mass is 321 g/mol. The van der Waals surface area contributed by atoms with Crippen molar-refractivity contribution in [3.05, 3.63) is 41.2 Å². The van der Waals surface area contributed by atoms with E-state index in [1.165, 1.54) is 0 Å². The van der Waals surface area contributed by atoms with Gasteiger partial charge >= 0.3 is 0 Å². The van der Waals surface area contributed by atoms with Gasteiger partial charge in [-0.15, -0.1) is 5.10 Å². The molecule has 1 aromatic heterocycles. The van der Waals surface area contributed by atoms with E-state index in [1.807, 2.05) is 0 Å². The molecule has 2 aromatic rings. The molecule has 0 N–H and O–H groups in total. The third-order valence-corrected chi connectivity index (χ3v) is 3.72. The van der Waals surface area contributed by atoms with E-state index in [0.29, 0.717) is 0 Å². The molecule has 112 valence electrons. The highest BCUT2D eigenvalue weighted by Gasteiger charge is 2.37. The summed E-state index contributed by atoms with van der Waals surface area (Å²) in [5.74, 6) is -4.26. The highest BCUT2D eigenvalue weighted by atomic mass is 32.2. The largest absolute Gasteiger partial charge is 0.291 e. The first-order chi connectivity index (χ1) is 9.95. The Morgan fingerprint density at radius 1 is 1.29 bits per heavy atom. The normalized spacial score (nSPS) is 21.0. The molecule has 0 spiro atoms. The summed E-state index contributed by atoms with van der Waals surface area (Å²) in [6.45, 7) is 0. The maximum Gasteiger partial charge on any atom is 0.291 e. The number of halogens is 5. The first-order valence-corrected chi connectivity index (χ1v) is 6.84. The lowest BCUT2D eigenvalue weighted by atomic mass is 10.0. The Kier molecular flexibility index (Phi) is 3.60. The van der Waals surface area contributed by atoms with Gasteiger partial charge in [-0.3, -0.25) is 0 Å². The Labute approximate surface area is 120 Å². The second-order valence-corrected chi connectivity index (χ2v) is 5.42. The van der Waals surface area contributed by atoms with Gasteiger partial charge in [0.05, 0.1) is 6.04 Å². The summed E-state index contributed by atoms with van der Waals surface area (Å²) in [5.41, 5.74) is -0.0742. The van der Waals surface area contributed by atoms with Gasteiger partial charge in [-0.25, -0.2) is 22.8 Å². The third kappa shape index (κ3) is 2.61. The maximum absolute atomic E-state index is 13.9. The van der Waals surface area contributed by atoms with E-state index in [2.05, 4.69) is 10.1 Å². The molecule has 0 fully saturated rings. The predicted octanol–water partition coefficient (Wildman–Crippen LogP) is 3.87. The van der Waals surface area contributed by atoms with E-state index in [9.17, 15) is 22.0 Å². The number of benzene rings is 1. The van der Waals surface area contributed by atoms with Crippen LogP contribution in [0.4, 0.5) is 22.0 Å². The van der Waals surface area contributed by atoms with Crippen molar-refractivity contribution in [3.63, 3.8) is 0 Å². The van der Waals surface area contributed by atoms with Crippen LogP contribution in [0.1, 0.15) is 30.0 Å². The van der Waals surface area contributed by atoms with Gasteiger partial charge in [0.25, 0.3) is 5.76 Å². The highest BCUT2D eigenvalue weighted by molar-refractivity contribution is 7.99. The van der Waals surface area contributed by atoms with Crippen molar-refractivity contribution in [2.75, 3.05) is 0 Å². The summed E-state index contributed by atoms with van der Waals surface area (Å²) in [6.07, 6.45) is -1.72. The van der Waals surface area contributed by atoms with E-state index in [1.54, 1.807) is 0 Å². The number of hydrogen-bond donors (Lipinski definition) is 0.